The van der Waals surface area contributed by atoms with Crippen molar-refractivity contribution in [2.24, 2.45) is 0 Å². The molecule has 2 aliphatic rings. The highest BCUT2D eigenvalue weighted by atomic mass is 16.5. The molecule has 1 saturated carbocycles. The molecule has 1 aromatic heterocycles. The van der Waals surface area contributed by atoms with Gasteiger partial charge in [0.1, 0.15) is 17.5 Å². The van der Waals surface area contributed by atoms with Gasteiger partial charge in [0.15, 0.2) is 5.82 Å². The Balaban J connectivity index is 1.68. The second kappa shape index (κ2) is 9.75. The van der Waals surface area contributed by atoms with Crippen LogP contribution in [0.25, 0.3) is 0 Å². The summed E-state index contributed by atoms with van der Waals surface area (Å²) in [5.41, 5.74) is 0.811. The van der Waals surface area contributed by atoms with Gasteiger partial charge in [-0.1, -0.05) is 19.3 Å². The van der Waals surface area contributed by atoms with Gasteiger partial charge in [-0.3, -0.25) is 9.80 Å². The summed E-state index contributed by atoms with van der Waals surface area (Å²) in [5.74, 6) is 2.48. The molecule has 2 fully saturated rings. The number of nitrogens with zero attached hydrogens (tertiary/aromatic N) is 6. The van der Waals surface area contributed by atoms with Gasteiger partial charge < -0.3 is 9.47 Å². The van der Waals surface area contributed by atoms with Gasteiger partial charge in [-0.2, -0.15) is 0 Å². The third kappa shape index (κ3) is 4.76. The summed E-state index contributed by atoms with van der Waals surface area (Å²) >= 11 is 0. The number of methoxy groups -OCH3 is 2. The number of tetrazole rings is 1. The van der Waals surface area contributed by atoms with Gasteiger partial charge in [-0.15, -0.1) is 5.10 Å². The Bertz CT molecular complexity index is 879. The van der Waals surface area contributed by atoms with Gasteiger partial charge in [0.25, 0.3) is 0 Å². The molecular weight excluding hydrogens is 404 g/mol. The average molecular weight is 443 g/mol. The molecule has 1 aromatic carbocycles. The van der Waals surface area contributed by atoms with Crippen LogP contribution in [0.15, 0.2) is 18.2 Å². The average Bonchev–Trinajstić information content (AvgIpc) is 3.30. The van der Waals surface area contributed by atoms with Gasteiger partial charge in [-0.05, 0) is 62.2 Å². The molecule has 0 amide bonds. The van der Waals surface area contributed by atoms with Crippen molar-refractivity contribution in [1.82, 2.24) is 30.0 Å². The van der Waals surface area contributed by atoms with Crippen LogP contribution in [0, 0.1) is 0 Å². The fraction of sp³-hybridized carbons (Fsp3) is 0.708. The second-order valence-electron chi connectivity index (χ2n) is 9.99. The first-order valence-corrected chi connectivity index (χ1v) is 11.9. The summed E-state index contributed by atoms with van der Waals surface area (Å²) in [6, 6.07) is 6.62. The SMILES string of the molecule is COc1ccc(OC)c(C(c2nnnn2C(C)(C)C)N2CCN(C3CCCCC3)CC2)c1. The van der Waals surface area contributed by atoms with Gasteiger partial charge >= 0.3 is 0 Å². The number of benzene rings is 1. The van der Waals surface area contributed by atoms with E-state index in [-0.39, 0.29) is 11.6 Å². The van der Waals surface area contributed by atoms with E-state index in [0.717, 1.165) is 55.1 Å². The van der Waals surface area contributed by atoms with Crippen LogP contribution in [0.3, 0.4) is 0 Å². The van der Waals surface area contributed by atoms with Crippen molar-refractivity contribution in [2.75, 3.05) is 40.4 Å². The first-order chi connectivity index (χ1) is 15.4. The predicted molar refractivity (Wildman–Crippen MR) is 124 cm³/mol. The van der Waals surface area contributed by atoms with Gasteiger partial charge in [0.05, 0.1) is 19.8 Å². The molecule has 2 heterocycles. The summed E-state index contributed by atoms with van der Waals surface area (Å²) in [5, 5.41) is 13.0. The van der Waals surface area contributed by atoms with Crippen LogP contribution in [0.2, 0.25) is 0 Å². The van der Waals surface area contributed by atoms with E-state index in [1.165, 1.54) is 32.1 Å². The van der Waals surface area contributed by atoms with Crippen molar-refractivity contribution in [3.63, 3.8) is 0 Å². The summed E-state index contributed by atoms with van der Waals surface area (Å²) in [7, 11) is 3.42. The molecule has 176 valence electrons. The third-order valence-corrected chi connectivity index (χ3v) is 6.91. The molecule has 1 aliphatic carbocycles. The number of hydrogen-bond donors (Lipinski definition) is 0. The molecule has 32 heavy (non-hydrogen) atoms. The molecule has 2 aromatic rings. The number of aromatic nitrogens is 4. The molecule has 8 heteroatoms. The minimum Gasteiger partial charge on any atom is -0.497 e. The van der Waals surface area contributed by atoms with Crippen molar-refractivity contribution in [2.45, 2.75) is 70.5 Å². The molecule has 0 spiro atoms. The highest BCUT2D eigenvalue weighted by Gasteiger charge is 2.36. The largest absolute Gasteiger partial charge is 0.497 e. The second-order valence-corrected chi connectivity index (χ2v) is 9.99. The lowest BCUT2D eigenvalue weighted by molar-refractivity contribution is 0.0603. The minimum atomic E-state index is -0.229. The first kappa shape index (κ1) is 23.0. The van der Waals surface area contributed by atoms with Gasteiger partial charge in [0, 0.05) is 37.8 Å². The van der Waals surface area contributed by atoms with Crippen molar-refractivity contribution < 1.29 is 9.47 Å². The van der Waals surface area contributed by atoms with Crippen molar-refractivity contribution in [3.05, 3.63) is 29.6 Å². The van der Waals surface area contributed by atoms with Crippen LogP contribution in [-0.4, -0.2) is 76.4 Å². The maximum absolute atomic E-state index is 5.79. The van der Waals surface area contributed by atoms with Crippen LogP contribution in [-0.2, 0) is 5.54 Å². The molecule has 8 nitrogen and oxygen atoms in total. The number of ether oxygens (including phenoxy) is 2. The van der Waals surface area contributed by atoms with E-state index in [2.05, 4.69) is 52.2 Å². The van der Waals surface area contributed by atoms with Gasteiger partial charge in [-0.25, -0.2) is 4.68 Å². The molecule has 0 N–H and O–H groups in total. The van der Waals surface area contributed by atoms with Crippen LogP contribution >= 0.6 is 0 Å². The molecule has 0 bridgehead atoms. The third-order valence-electron chi connectivity index (χ3n) is 6.91. The summed E-state index contributed by atoms with van der Waals surface area (Å²) in [4.78, 5) is 5.20. The lowest BCUT2D eigenvalue weighted by Gasteiger charge is -2.43. The Kier molecular flexibility index (Phi) is 7.00. The maximum atomic E-state index is 5.79. The van der Waals surface area contributed by atoms with E-state index >= 15 is 0 Å². The zero-order chi connectivity index (χ0) is 22.7. The fourth-order valence-corrected chi connectivity index (χ4v) is 5.20. The Morgan fingerprint density at radius 3 is 2.31 bits per heavy atom. The van der Waals surface area contributed by atoms with Crippen molar-refractivity contribution >= 4 is 0 Å². The number of rotatable bonds is 6. The van der Waals surface area contributed by atoms with E-state index in [1.54, 1.807) is 14.2 Å². The lowest BCUT2D eigenvalue weighted by atomic mass is 9.93. The van der Waals surface area contributed by atoms with E-state index in [9.17, 15) is 0 Å². The predicted octanol–water partition coefficient (Wildman–Crippen LogP) is 3.49. The molecule has 4 rings (SSSR count). The molecule has 1 unspecified atom stereocenters. The van der Waals surface area contributed by atoms with Crippen molar-refractivity contribution in [3.8, 4) is 11.5 Å². The van der Waals surface area contributed by atoms with E-state index < -0.39 is 0 Å². The monoisotopic (exact) mass is 442 g/mol. The number of piperazine rings is 1. The standard InChI is InChI=1S/C24H38N6O2/c1-24(2,3)30-23(25-26-27-30)22(20-17-19(31-4)11-12-21(20)32-5)29-15-13-28(14-16-29)18-9-7-6-8-10-18/h11-12,17-18,22H,6-10,13-16H2,1-5H3. The Hall–Kier alpha value is -2.19. The Morgan fingerprint density at radius 1 is 0.969 bits per heavy atom. The Labute approximate surface area is 191 Å². The summed E-state index contributed by atoms with van der Waals surface area (Å²) in [6.07, 6.45) is 6.82. The highest BCUT2D eigenvalue weighted by molar-refractivity contribution is 5.44. The van der Waals surface area contributed by atoms with E-state index in [0.29, 0.717) is 0 Å². The minimum absolute atomic E-state index is 0.109. The number of hydrogen-bond acceptors (Lipinski definition) is 7. The fourth-order valence-electron chi connectivity index (χ4n) is 5.20. The molecule has 1 atom stereocenters. The zero-order valence-corrected chi connectivity index (χ0v) is 20.3. The summed E-state index contributed by atoms with van der Waals surface area (Å²) in [6.45, 7) is 10.5. The van der Waals surface area contributed by atoms with E-state index in [1.807, 2.05) is 16.8 Å². The maximum Gasteiger partial charge on any atom is 0.173 e. The smallest absolute Gasteiger partial charge is 0.173 e. The van der Waals surface area contributed by atoms with Crippen LogP contribution in [0.4, 0.5) is 0 Å². The lowest BCUT2D eigenvalue weighted by Crippen LogP contribution is -2.52. The van der Waals surface area contributed by atoms with E-state index in [4.69, 9.17) is 9.47 Å². The molecular formula is C24H38N6O2. The first-order valence-electron chi connectivity index (χ1n) is 11.9. The normalized spacial score (nSPS) is 20.3. The topological polar surface area (TPSA) is 68.5 Å². The van der Waals surface area contributed by atoms with Crippen LogP contribution in [0.1, 0.15) is 70.3 Å². The molecule has 1 saturated heterocycles. The van der Waals surface area contributed by atoms with Crippen molar-refractivity contribution in [1.29, 1.82) is 0 Å². The van der Waals surface area contributed by atoms with Crippen LogP contribution < -0.4 is 9.47 Å². The highest BCUT2D eigenvalue weighted by Crippen LogP contribution is 2.38. The Morgan fingerprint density at radius 2 is 1.69 bits per heavy atom. The van der Waals surface area contributed by atoms with Crippen LogP contribution in [0.5, 0.6) is 11.5 Å². The quantitative estimate of drug-likeness (QED) is 0.678. The zero-order valence-electron chi connectivity index (χ0n) is 20.3. The molecule has 0 radical (unpaired) electrons. The summed E-state index contributed by atoms with van der Waals surface area (Å²) < 4.78 is 13.3. The molecule has 1 aliphatic heterocycles. The van der Waals surface area contributed by atoms with Gasteiger partial charge in [0.2, 0.25) is 0 Å².